The molecule has 2 aromatic heterocycles. The molecule has 0 aromatic carbocycles. The highest BCUT2D eigenvalue weighted by Gasteiger charge is 2.28. The van der Waals surface area contributed by atoms with Crippen molar-refractivity contribution < 1.29 is 4.79 Å². The van der Waals surface area contributed by atoms with E-state index in [4.69, 9.17) is 0 Å². The first-order valence-corrected chi connectivity index (χ1v) is 9.24. The van der Waals surface area contributed by atoms with Crippen LogP contribution in [0.3, 0.4) is 0 Å². The van der Waals surface area contributed by atoms with E-state index in [1.54, 1.807) is 17.5 Å². The molecule has 1 saturated heterocycles. The Bertz CT molecular complexity index is 657. The zero-order valence-corrected chi connectivity index (χ0v) is 15.1. The molecule has 0 saturated carbocycles. The maximum atomic E-state index is 12.5. The molecule has 0 bridgehead atoms. The fourth-order valence-corrected chi connectivity index (χ4v) is 3.79. The van der Waals surface area contributed by atoms with E-state index < -0.39 is 0 Å². The molecule has 3 rings (SSSR count). The lowest BCUT2D eigenvalue weighted by atomic mass is 9.86. The molecular weight excluding hydrogens is 320 g/mol. The van der Waals surface area contributed by atoms with Crippen molar-refractivity contribution in [3.8, 4) is 0 Å². The number of likely N-dealkylation sites (tertiary alicyclic amines) is 1. The highest BCUT2D eigenvalue weighted by molar-refractivity contribution is 7.09. The molecule has 24 heavy (non-hydrogen) atoms. The van der Waals surface area contributed by atoms with Gasteiger partial charge in [-0.25, -0.2) is 9.78 Å². The number of thiazole rings is 1. The van der Waals surface area contributed by atoms with Crippen LogP contribution in [0.15, 0.2) is 36.1 Å². The first kappa shape index (κ1) is 16.9. The van der Waals surface area contributed by atoms with E-state index in [0.29, 0.717) is 12.5 Å². The van der Waals surface area contributed by atoms with E-state index in [0.717, 1.165) is 31.5 Å². The average Bonchev–Trinajstić information content (AvgIpc) is 3.26. The highest BCUT2D eigenvalue weighted by atomic mass is 32.1. The molecule has 0 spiro atoms. The highest BCUT2D eigenvalue weighted by Crippen LogP contribution is 2.23. The lowest BCUT2D eigenvalue weighted by molar-refractivity contribution is 0.204. The van der Waals surface area contributed by atoms with Gasteiger partial charge in [0.1, 0.15) is 0 Å². The van der Waals surface area contributed by atoms with Crippen LogP contribution in [0.2, 0.25) is 0 Å². The molecule has 2 amide bonds. The number of hydrogen-bond donors (Lipinski definition) is 1. The van der Waals surface area contributed by atoms with E-state index in [9.17, 15) is 4.79 Å². The Hall–Kier alpha value is -1.95. The number of rotatable bonds is 5. The zero-order valence-electron chi connectivity index (χ0n) is 14.2. The van der Waals surface area contributed by atoms with Crippen molar-refractivity contribution >= 4 is 17.4 Å². The summed E-state index contributed by atoms with van der Waals surface area (Å²) in [6.07, 6.45) is 7.51. The standard InChI is InChI=1S/C18H24N4OS/c1-18(2,15-4-3-6-19-11-15)13-21-17(23)22-8-5-14(12-22)10-16-20-7-9-24-16/h3-4,6-7,9,11,14H,5,8,10,12-13H2,1-2H3,(H,21,23)/t14-/m1/s1. The van der Waals surface area contributed by atoms with Crippen LogP contribution in [0.4, 0.5) is 4.79 Å². The van der Waals surface area contributed by atoms with Crippen molar-refractivity contribution in [1.29, 1.82) is 0 Å². The van der Waals surface area contributed by atoms with Crippen molar-refractivity contribution in [2.75, 3.05) is 19.6 Å². The molecule has 1 fully saturated rings. The Kier molecular flexibility index (Phi) is 5.14. The average molecular weight is 344 g/mol. The maximum absolute atomic E-state index is 12.5. The fraction of sp³-hybridized carbons (Fsp3) is 0.500. The van der Waals surface area contributed by atoms with Crippen molar-refractivity contribution in [1.82, 2.24) is 20.2 Å². The normalized spacial score (nSPS) is 17.9. The number of aromatic nitrogens is 2. The predicted molar refractivity (Wildman–Crippen MR) is 96.2 cm³/mol. The minimum atomic E-state index is -0.135. The SMILES string of the molecule is CC(C)(CNC(=O)N1CC[C@H](Cc2nccs2)C1)c1cccnc1. The van der Waals surface area contributed by atoms with Crippen LogP contribution in [-0.4, -0.2) is 40.5 Å². The summed E-state index contributed by atoms with van der Waals surface area (Å²) in [5.74, 6) is 0.522. The minimum Gasteiger partial charge on any atom is -0.337 e. The topological polar surface area (TPSA) is 58.1 Å². The Morgan fingerprint density at radius 3 is 3.04 bits per heavy atom. The molecule has 1 atom stereocenters. The number of pyridine rings is 1. The Morgan fingerprint density at radius 2 is 2.33 bits per heavy atom. The first-order chi connectivity index (χ1) is 11.5. The van der Waals surface area contributed by atoms with Gasteiger partial charge >= 0.3 is 6.03 Å². The largest absolute Gasteiger partial charge is 0.337 e. The molecule has 1 aliphatic heterocycles. The summed E-state index contributed by atoms with van der Waals surface area (Å²) in [5.41, 5.74) is 0.998. The second-order valence-corrected chi connectivity index (χ2v) is 7.99. The summed E-state index contributed by atoms with van der Waals surface area (Å²) in [5, 5.41) is 6.26. The van der Waals surface area contributed by atoms with Gasteiger partial charge in [-0.2, -0.15) is 0 Å². The molecule has 1 aliphatic rings. The third-order valence-corrected chi connectivity index (χ3v) is 5.45. The Labute approximate surface area is 147 Å². The molecule has 0 radical (unpaired) electrons. The number of carbonyl (C=O) groups is 1. The van der Waals surface area contributed by atoms with E-state index in [1.807, 2.05) is 28.7 Å². The van der Waals surface area contributed by atoms with Crippen molar-refractivity contribution in [2.24, 2.45) is 5.92 Å². The number of nitrogens with one attached hydrogen (secondary N) is 1. The van der Waals surface area contributed by atoms with E-state index in [-0.39, 0.29) is 11.4 Å². The van der Waals surface area contributed by atoms with Crippen LogP contribution in [-0.2, 0) is 11.8 Å². The molecular formula is C18H24N4OS. The number of urea groups is 1. The minimum absolute atomic E-state index is 0.0357. The van der Waals surface area contributed by atoms with Crippen LogP contribution in [0.5, 0.6) is 0 Å². The molecule has 5 nitrogen and oxygen atoms in total. The molecule has 6 heteroatoms. The Morgan fingerprint density at radius 1 is 1.46 bits per heavy atom. The summed E-state index contributed by atoms with van der Waals surface area (Å²) in [6.45, 7) is 6.50. The summed E-state index contributed by atoms with van der Waals surface area (Å²) >= 11 is 1.69. The van der Waals surface area contributed by atoms with Gasteiger partial charge in [-0.1, -0.05) is 19.9 Å². The maximum Gasteiger partial charge on any atom is 0.317 e. The van der Waals surface area contributed by atoms with Gasteiger partial charge in [-0.15, -0.1) is 11.3 Å². The van der Waals surface area contributed by atoms with Gasteiger partial charge in [0.2, 0.25) is 0 Å². The van der Waals surface area contributed by atoms with Crippen molar-refractivity contribution in [3.63, 3.8) is 0 Å². The zero-order chi connectivity index (χ0) is 17.0. The van der Waals surface area contributed by atoms with Crippen LogP contribution in [0, 0.1) is 5.92 Å². The predicted octanol–water partition coefficient (Wildman–Crippen LogP) is 3.09. The molecule has 128 valence electrons. The number of amides is 2. The summed E-state index contributed by atoms with van der Waals surface area (Å²) < 4.78 is 0. The van der Waals surface area contributed by atoms with Crippen LogP contribution < -0.4 is 5.32 Å². The summed E-state index contributed by atoms with van der Waals surface area (Å²) in [6, 6.07) is 4.02. The third kappa shape index (κ3) is 4.12. The number of hydrogen-bond acceptors (Lipinski definition) is 4. The monoisotopic (exact) mass is 344 g/mol. The van der Waals surface area contributed by atoms with Crippen LogP contribution in [0.25, 0.3) is 0 Å². The Balaban J connectivity index is 1.49. The second kappa shape index (κ2) is 7.30. The van der Waals surface area contributed by atoms with E-state index >= 15 is 0 Å². The van der Waals surface area contributed by atoms with Gasteiger partial charge < -0.3 is 10.2 Å². The van der Waals surface area contributed by atoms with Crippen LogP contribution in [0.1, 0.15) is 30.8 Å². The third-order valence-electron chi connectivity index (χ3n) is 4.64. The molecule has 3 heterocycles. The van der Waals surface area contributed by atoms with E-state index in [2.05, 4.69) is 35.2 Å². The smallest absolute Gasteiger partial charge is 0.317 e. The first-order valence-electron chi connectivity index (χ1n) is 8.36. The van der Waals surface area contributed by atoms with Crippen LogP contribution >= 0.6 is 11.3 Å². The fourth-order valence-electron chi connectivity index (χ4n) is 3.06. The van der Waals surface area contributed by atoms with E-state index in [1.165, 1.54) is 5.01 Å². The van der Waals surface area contributed by atoms with Crippen molar-refractivity contribution in [2.45, 2.75) is 32.1 Å². The number of carbonyl (C=O) groups excluding carboxylic acids is 1. The molecule has 1 N–H and O–H groups in total. The molecule has 2 aromatic rings. The lowest BCUT2D eigenvalue weighted by Crippen LogP contribution is -2.44. The molecule has 0 aliphatic carbocycles. The van der Waals surface area contributed by atoms with Gasteiger partial charge in [0.15, 0.2) is 0 Å². The van der Waals surface area contributed by atoms with Crippen molar-refractivity contribution in [3.05, 3.63) is 46.7 Å². The van der Waals surface area contributed by atoms with Gasteiger partial charge in [0.05, 0.1) is 5.01 Å². The lowest BCUT2D eigenvalue weighted by Gasteiger charge is -2.27. The second-order valence-electron chi connectivity index (χ2n) is 7.01. The molecule has 0 unspecified atom stereocenters. The summed E-state index contributed by atoms with van der Waals surface area (Å²) in [7, 11) is 0. The quantitative estimate of drug-likeness (QED) is 0.907. The van der Waals surface area contributed by atoms with Gasteiger partial charge in [-0.3, -0.25) is 4.98 Å². The number of nitrogens with zero attached hydrogens (tertiary/aromatic N) is 3. The summed E-state index contributed by atoms with van der Waals surface area (Å²) in [4.78, 5) is 22.9. The van der Waals surface area contributed by atoms with Gasteiger partial charge in [-0.05, 0) is 24.0 Å². The van der Waals surface area contributed by atoms with Gasteiger partial charge in [0.25, 0.3) is 0 Å². The van der Waals surface area contributed by atoms with Gasteiger partial charge in [0, 0.05) is 55.4 Å².